The van der Waals surface area contributed by atoms with Crippen LogP contribution in [0, 0.1) is 11.3 Å². The maximum absolute atomic E-state index is 11.1. The van der Waals surface area contributed by atoms with Crippen molar-refractivity contribution < 1.29 is 9.90 Å². The van der Waals surface area contributed by atoms with Gasteiger partial charge in [-0.25, -0.2) is 0 Å². The number of hydrogen-bond acceptors (Lipinski definition) is 3. The summed E-state index contributed by atoms with van der Waals surface area (Å²) in [5.41, 5.74) is -0.193. The molecule has 0 bridgehead atoms. The van der Waals surface area contributed by atoms with E-state index in [9.17, 15) is 4.79 Å². The van der Waals surface area contributed by atoms with Gasteiger partial charge < -0.3 is 14.8 Å². The third kappa shape index (κ3) is 3.87. The number of carbonyl (C=O) groups excluding carboxylic acids is 1. The van der Waals surface area contributed by atoms with Crippen LogP contribution in [0.1, 0.15) is 39.5 Å². The molecule has 0 aromatic carbocycles. The lowest BCUT2D eigenvalue weighted by atomic mass is 9.87. The Hall–Kier alpha value is -0.410. The van der Waals surface area contributed by atoms with E-state index >= 15 is 0 Å². The number of aldehydes is 1. The van der Waals surface area contributed by atoms with Crippen molar-refractivity contribution in [2.45, 2.75) is 39.5 Å². The van der Waals surface area contributed by atoms with Crippen LogP contribution in [0.5, 0.6) is 0 Å². The maximum atomic E-state index is 11.1. The van der Waals surface area contributed by atoms with Gasteiger partial charge in [0.25, 0.3) is 0 Å². The first-order chi connectivity index (χ1) is 7.63. The van der Waals surface area contributed by atoms with Gasteiger partial charge in [0.15, 0.2) is 0 Å². The van der Waals surface area contributed by atoms with Crippen LogP contribution < -0.4 is 0 Å². The summed E-state index contributed by atoms with van der Waals surface area (Å²) in [6.45, 7) is 7.42. The van der Waals surface area contributed by atoms with E-state index in [0.717, 1.165) is 38.8 Å². The Labute approximate surface area is 98.8 Å². The van der Waals surface area contributed by atoms with Gasteiger partial charge in [0.2, 0.25) is 0 Å². The molecule has 94 valence electrons. The van der Waals surface area contributed by atoms with Gasteiger partial charge in [0.05, 0.1) is 0 Å². The summed E-state index contributed by atoms with van der Waals surface area (Å²) in [5, 5.41) is 8.95. The van der Waals surface area contributed by atoms with E-state index in [1.54, 1.807) is 0 Å². The second-order valence-corrected chi connectivity index (χ2v) is 5.38. The quantitative estimate of drug-likeness (QED) is 0.702. The van der Waals surface area contributed by atoms with Gasteiger partial charge in [-0.15, -0.1) is 0 Å². The van der Waals surface area contributed by atoms with Crippen LogP contribution in [-0.2, 0) is 4.79 Å². The lowest BCUT2D eigenvalue weighted by molar-refractivity contribution is -0.116. The second-order valence-electron chi connectivity index (χ2n) is 5.38. The lowest BCUT2D eigenvalue weighted by Gasteiger charge is -2.36. The van der Waals surface area contributed by atoms with Gasteiger partial charge in [0.1, 0.15) is 6.29 Å². The predicted molar refractivity (Wildman–Crippen MR) is 65.3 cm³/mol. The number of rotatable bonds is 6. The molecule has 3 heteroatoms. The minimum atomic E-state index is -0.193. The van der Waals surface area contributed by atoms with Gasteiger partial charge in [-0.2, -0.15) is 0 Å². The van der Waals surface area contributed by atoms with Gasteiger partial charge in [-0.3, -0.25) is 0 Å². The fourth-order valence-corrected chi connectivity index (χ4v) is 2.46. The van der Waals surface area contributed by atoms with Crippen molar-refractivity contribution in [3.63, 3.8) is 0 Å². The van der Waals surface area contributed by atoms with E-state index in [1.807, 2.05) is 6.92 Å². The Morgan fingerprint density at radius 3 is 2.88 bits per heavy atom. The van der Waals surface area contributed by atoms with Crippen molar-refractivity contribution in [1.82, 2.24) is 4.90 Å². The van der Waals surface area contributed by atoms with Crippen molar-refractivity contribution in [3.05, 3.63) is 0 Å². The van der Waals surface area contributed by atoms with Crippen molar-refractivity contribution in [2.75, 3.05) is 26.2 Å². The molecule has 1 fully saturated rings. The van der Waals surface area contributed by atoms with Crippen LogP contribution in [0.2, 0.25) is 0 Å². The second kappa shape index (κ2) is 6.36. The molecule has 0 spiro atoms. The average Bonchev–Trinajstić information content (AvgIpc) is 2.30. The van der Waals surface area contributed by atoms with Crippen LogP contribution in [0.15, 0.2) is 0 Å². The zero-order valence-electron chi connectivity index (χ0n) is 10.6. The highest BCUT2D eigenvalue weighted by molar-refractivity contribution is 5.58. The third-order valence-corrected chi connectivity index (χ3v) is 3.82. The lowest BCUT2D eigenvalue weighted by Crippen LogP contribution is -2.42. The molecule has 1 N–H and O–H groups in total. The topological polar surface area (TPSA) is 40.5 Å². The van der Waals surface area contributed by atoms with Gasteiger partial charge in [-0.1, -0.05) is 13.8 Å². The molecule has 16 heavy (non-hydrogen) atoms. The van der Waals surface area contributed by atoms with E-state index in [2.05, 4.69) is 11.8 Å². The van der Waals surface area contributed by atoms with Crippen molar-refractivity contribution in [1.29, 1.82) is 0 Å². The summed E-state index contributed by atoms with van der Waals surface area (Å²) < 4.78 is 0. The molecule has 2 atom stereocenters. The monoisotopic (exact) mass is 227 g/mol. The van der Waals surface area contributed by atoms with Crippen LogP contribution in [0.4, 0.5) is 0 Å². The Bertz CT molecular complexity index is 218. The molecule has 1 saturated heterocycles. The van der Waals surface area contributed by atoms with E-state index in [4.69, 9.17) is 5.11 Å². The molecule has 1 aliphatic heterocycles. The van der Waals surface area contributed by atoms with Crippen LogP contribution in [0.3, 0.4) is 0 Å². The number of aliphatic hydroxyl groups excluding tert-OH is 1. The minimum Gasteiger partial charge on any atom is -0.396 e. The number of hydrogen-bond donors (Lipinski definition) is 1. The predicted octanol–water partition coefficient (Wildman–Crippen LogP) is 1.70. The molecule has 0 radical (unpaired) electrons. The first kappa shape index (κ1) is 13.7. The van der Waals surface area contributed by atoms with Crippen LogP contribution >= 0.6 is 0 Å². The SMILES string of the molecule is CCC(C)(C=O)CN1CCCC(CCO)C1. The van der Waals surface area contributed by atoms with E-state index in [-0.39, 0.29) is 12.0 Å². The summed E-state index contributed by atoms with van der Waals surface area (Å²) in [4.78, 5) is 13.5. The van der Waals surface area contributed by atoms with Gasteiger partial charge >= 0.3 is 0 Å². The number of likely N-dealkylation sites (tertiary alicyclic amines) is 1. The summed E-state index contributed by atoms with van der Waals surface area (Å²) in [7, 11) is 0. The van der Waals surface area contributed by atoms with Gasteiger partial charge in [0, 0.05) is 25.1 Å². The zero-order valence-corrected chi connectivity index (χ0v) is 10.6. The zero-order chi connectivity index (χ0) is 12.0. The summed E-state index contributed by atoms with van der Waals surface area (Å²) in [6.07, 6.45) is 5.32. The van der Waals surface area contributed by atoms with Crippen molar-refractivity contribution >= 4 is 6.29 Å². The van der Waals surface area contributed by atoms with Crippen molar-refractivity contribution in [2.24, 2.45) is 11.3 Å². The number of aliphatic hydroxyl groups is 1. The maximum Gasteiger partial charge on any atom is 0.127 e. The van der Waals surface area contributed by atoms with Crippen molar-refractivity contribution in [3.8, 4) is 0 Å². The molecule has 1 rings (SSSR count). The summed E-state index contributed by atoms with van der Waals surface area (Å²) in [5.74, 6) is 0.617. The Balaban J connectivity index is 2.44. The Kier molecular flexibility index (Phi) is 5.42. The molecule has 0 aromatic rings. The normalized spacial score (nSPS) is 26.3. The first-order valence-corrected chi connectivity index (χ1v) is 6.43. The molecule has 1 aliphatic rings. The smallest absolute Gasteiger partial charge is 0.127 e. The number of piperidine rings is 1. The van der Waals surface area contributed by atoms with E-state index < -0.39 is 0 Å². The van der Waals surface area contributed by atoms with E-state index in [1.165, 1.54) is 12.8 Å². The Morgan fingerprint density at radius 1 is 1.56 bits per heavy atom. The molecule has 0 aliphatic carbocycles. The molecule has 3 nitrogen and oxygen atoms in total. The molecule has 1 heterocycles. The molecule has 0 saturated carbocycles. The molecular formula is C13H25NO2. The molecule has 0 aromatic heterocycles. The summed E-state index contributed by atoms with van der Waals surface area (Å²) >= 11 is 0. The molecular weight excluding hydrogens is 202 g/mol. The highest BCUT2D eigenvalue weighted by atomic mass is 16.3. The standard InChI is InChI=1S/C13H25NO2/c1-3-13(2,11-16)10-14-7-4-5-12(9-14)6-8-15/h11-12,15H,3-10H2,1-2H3. The Morgan fingerprint density at radius 2 is 2.31 bits per heavy atom. The largest absolute Gasteiger partial charge is 0.396 e. The average molecular weight is 227 g/mol. The first-order valence-electron chi connectivity index (χ1n) is 6.43. The third-order valence-electron chi connectivity index (χ3n) is 3.82. The number of nitrogens with zero attached hydrogens (tertiary/aromatic N) is 1. The fourth-order valence-electron chi connectivity index (χ4n) is 2.46. The highest BCUT2D eigenvalue weighted by Gasteiger charge is 2.27. The van der Waals surface area contributed by atoms with Crippen LogP contribution in [0.25, 0.3) is 0 Å². The van der Waals surface area contributed by atoms with Gasteiger partial charge in [-0.05, 0) is 38.1 Å². The highest BCUT2D eigenvalue weighted by Crippen LogP contribution is 2.25. The van der Waals surface area contributed by atoms with Crippen LogP contribution in [-0.4, -0.2) is 42.5 Å². The molecule has 0 amide bonds. The molecule has 2 unspecified atom stereocenters. The van der Waals surface area contributed by atoms with E-state index in [0.29, 0.717) is 5.92 Å². The number of carbonyl (C=O) groups is 1. The fraction of sp³-hybridized carbons (Fsp3) is 0.923. The summed E-state index contributed by atoms with van der Waals surface area (Å²) in [6, 6.07) is 0. The minimum absolute atomic E-state index is 0.193.